The molecule has 3 heteroatoms. The van der Waals surface area contributed by atoms with Crippen LogP contribution in [0, 0.1) is 0 Å². The van der Waals surface area contributed by atoms with Gasteiger partial charge >= 0.3 is 0 Å². The van der Waals surface area contributed by atoms with E-state index in [1.165, 1.54) is 58.6 Å². The van der Waals surface area contributed by atoms with Gasteiger partial charge in [-0.15, -0.1) is 11.3 Å². The van der Waals surface area contributed by atoms with Crippen molar-refractivity contribution in [3.05, 3.63) is 212 Å². The molecule has 0 aliphatic rings. The molecular formula is C56H35NOS. The Morgan fingerprint density at radius 1 is 0.339 bits per heavy atom. The van der Waals surface area contributed by atoms with E-state index in [1.807, 2.05) is 11.3 Å². The zero-order valence-corrected chi connectivity index (χ0v) is 32.8. The van der Waals surface area contributed by atoms with E-state index in [4.69, 9.17) is 4.42 Å². The first-order chi connectivity index (χ1) is 29.2. The maximum absolute atomic E-state index is 6.61. The van der Waals surface area contributed by atoms with E-state index in [0.717, 1.165) is 55.5 Å². The number of nitrogens with zero attached hydrogens (tertiary/aromatic N) is 1. The zero-order chi connectivity index (χ0) is 38.9. The number of anilines is 3. The summed E-state index contributed by atoms with van der Waals surface area (Å²) in [5.74, 6) is 0. The van der Waals surface area contributed by atoms with Gasteiger partial charge in [0.05, 0.1) is 0 Å². The second-order valence-electron chi connectivity index (χ2n) is 15.2. The molecule has 0 radical (unpaired) electrons. The highest BCUT2D eigenvalue weighted by Crippen LogP contribution is 2.44. The lowest BCUT2D eigenvalue weighted by Crippen LogP contribution is -2.10. The number of hydrogen-bond donors (Lipinski definition) is 0. The van der Waals surface area contributed by atoms with Gasteiger partial charge in [-0.25, -0.2) is 0 Å². The molecule has 10 aromatic carbocycles. The molecule has 59 heavy (non-hydrogen) atoms. The SMILES string of the molecule is c1cc(-c2cccc3ccccc23)cc(N(c2ccc(-c3cccc4sc5ccccc5c34)cc2)c2cccc(-c3cccc4oc5c6ccccc6ccc5c34)c2)c1. The van der Waals surface area contributed by atoms with Crippen LogP contribution in [0.25, 0.3) is 97.0 Å². The Labute approximate surface area is 345 Å². The highest BCUT2D eigenvalue weighted by atomic mass is 32.1. The molecule has 0 spiro atoms. The summed E-state index contributed by atoms with van der Waals surface area (Å²) in [6.07, 6.45) is 0. The fourth-order valence-corrected chi connectivity index (χ4v) is 10.3. The molecule has 0 saturated heterocycles. The lowest BCUT2D eigenvalue weighted by Gasteiger charge is -2.27. The third-order valence-corrected chi connectivity index (χ3v) is 13.0. The van der Waals surface area contributed by atoms with Crippen LogP contribution in [-0.4, -0.2) is 0 Å². The summed E-state index contributed by atoms with van der Waals surface area (Å²) in [7, 11) is 0. The van der Waals surface area contributed by atoms with E-state index in [1.54, 1.807) is 0 Å². The van der Waals surface area contributed by atoms with Gasteiger partial charge in [0.25, 0.3) is 0 Å². The second kappa shape index (κ2) is 13.6. The summed E-state index contributed by atoms with van der Waals surface area (Å²) in [5.41, 5.74) is 12.2. The Bertz CT molecular complexity index is 3570. The maximum atomic E-state index is 6.61. The average molecular weight is 770 g/mol. The van der Waals surface area contributed by atoms with Crippen LogP contribution in [0.2, 0.25) is 0 Å². The fourth-order valence-electron chi connectivity index (χ4n) is 9.15. The van der Waals surface area contributed by atoms with Gasteiger partial charge in [0.2, 0.25) is 0 Å². The molecule has 12 rings (SSSR count). The van der Waals surface area contributed by atoms with E-state index in [0.29, 0.717) is 0 Å². The van der Waals surface area contributed by atoms with Gasteiger partial charge < -0.3 is 9.32 Å². The van der Waals surface area contributed by atoms with Gasteiger partial charge in [-0.2, -0.15) is 0 Å². The summed E-state index contributed by atoms with van der Waals surface area (Å²) in [5, 5.41) is 9.68. The number of fused-ring (bicyclic) bond motifs is 9. The predicted octanol–water partition coefficient (Wildman–Crippen LogP) is 16.7. The first kappa shape index (κ1) is 33.7. The van der Waals surface area contributed by atoms with Crippen molar-refractivity contribution in [1.29, 1.82) is 0 Å². The minimum Gasteiger partial charge on any atom is -0.455 e. The summed E-state index contributed by atoms with van der Waals surface area (Å²) in [6.45, 7) is 0. The minimum atomic E-state index is 0.892. The first-order valence-electron chi connectivity index (χ1n) is 20.1. The van der Waals surface area contributed by atoms with Gasteiger partial charge in [-0.1, -0.05) is 152 Å². The van der Waals surface area contributed by atoms with Crippen LogP contribution >= 0.6 is 11.3 Å². The molecule has 0 fully saturated rings. The standard InChI is InChI=1S/C56H35NOS/c1-3-19-44-36(12-1)14-9-22-45(44)39-15-7-17-42(34-39)57(41-31-28-38(29-32-41)46-24-11-27-53-55(46)49-21-5-6-26-52(49)59-53)43-18-8-16-40(35-43)47-23-10-25-51-54(47)50-33-30-37-13-2-4-20-48(37)56(50)58-51/h1-35H. The number of rotatable bonds is 6. The number of benzene rings is 10. The topological polar surface area (TPSA) is 16.4 Å². The monoisotopic (exact) mass is 769 g/mol. The van der Waals surface area contributed by atoms with Crippen molar-refractivity contribution < 1.29 is 4.42 Å². The van der Waals surface area contributed by atoms with Crippen LogP contribution in [0.15, 0.2) is 217 Å². The van der Waals surface area contributed by atoms with E-state index in [9.17, 15) is 0 Å². The van der Waals surface area contributed by atoms with Crippen molar-refractivity contribution in [3.8, 4) is 33.4 Å². The summed E-state index contributed by atoms with van der Waals surface area (Å²) in [4.78, 5) is 2.39. The van der Waals surface area contributed by atoms with Gasteiger partial charge in [0.15, 0.2) is 0 Å². The molecule has 0 atom stereocenters. The number of furan rings is 1. The lowest BCUT2D eigenvalue weighted by atomic mass is 9.96. The molecule has 2 nitrogen and oxygen atoms in total. The smallest absolute Gasteiger partial charge is 0.143 e. The van der Waals surface area contributed by atoms with Crippen molar-refractivity contribution in [3.63, 3.8) is 0 Å². The first-order valence-corrected chi connectivity index (χ1v) is 20.9. The molecule has 0 unspecified atom stereocenters. The Morgan fingerprint density at radius 2 is 0.915 bits per heavy atom. The number of thiophene rings is 1. The van der Waals surface area contributed by atoms with Gasteiger partial charge in [0, 0.05) is 53.4 Å². The van der Waals surface area contributed by atoms with Crippen molar-refractivity contribution in [2.75, 3.05) is 4.90 Å². The van der Waals surface area contributed by atoms with Crippen molar-refractivity contribution >= 4 is 92.1 Å². The lowest BCUT2D eigenvalue weighted by molar-refractivity contribution is 0.673. The number of hydrogen-bond acceptors (Lipinski definition) is 3. The van der Waals surface area contributed by atoms with Crippen LogP contribution in [0.4, 0.5) is 17.1 Å². The van der Waals surface area contributed by atoms with Crippen molar-refractivity contribution in [2.45, 2.75) is 0 Å². The van der Waals surface area contributed by atoms with Crippen molar-refractivity contribution in [2.24, 2.45) is 0 Å². The van der Waals surface area contributed by atoms with E-state index >= 15 is 0 Å². The highest BCUT2D eigenvalue weighted by Gasteiger charge is 2.19. The molecule has 0 amide bonds. The second-order valence-corrected chi connectivity index (χ2v) is 16.3. The van der Waals surface area contributed by atoms with Gasteiger partial charge in [0.1, 0.15) is 11.2 Å². The van der Waals surface area contributed by atoms with E-state index < -0.39 is 0 Å². The minimum absolute atomic E-state index is 0.892. The van der Waals surface area contributed by atoms with Crippen LogP contribution < -0.4 is 4.90 Å². The third-order valence-electron chi connectivity index (χ3n) is 11.8. The Hall–Kier alpha value is -7.46. The van der Waals surface area contributed by atoms with Gasteiger partial charge in [-0.3, -0.25) is 0 Å². The van der Waals surface area contributed by atoms with E-state index in [2.05, 4.69) is 217 Å². The summed E-state index contributed by atoms with van der Waals surface area (Å²) < 4.78 is 9.24. The fraction of sp³-hybridized carbons (Fsp3) is 0. The molecule has 0 saturated carbocycles. The quantitative estimate of drug-likeness (QED) is 0.167. The molecule has 276 valence electrons. The van der Waals surface area contributed by atoms with Crippen molar-refractivity contribution in [1.82, 2.24) is 0 Å². The Morgan fingerprint density at radius 3 is 1.71 bits per heavy atom. The molecule has 0 N–H and O–H groups in total. The molecule has 12 aromatic rings. The predicted molar refractivity (Wildman–Crippen MR) is 253 cm³/mol. The summed E-state index contributed by atoms with van der Waals surface area (Å²) in [6, 6.07) is 77.0. The largest absolute Gasteiger partial charge is 0.455 e. The molecular weight excluding hydrogens is 735 g/mol. The van der Waals surface area contributed by atoms with Crippen LogP contribution in [-0.2, 0) is 0 Å². The Balaban J connectivity index is 1.03. The maximum Gasteiger partial charge on any atom is 0.143 e. The summed E-state index contributed by atoms with van der Waals surface area (Å²) >= 11 is 1.86. The van der Waals surface area contributed by atoms with Crippen LogP contribution in [0.3, 0.4) is 0 Å². The molecule has 0 aliphatic heterocycles. The molecule has 2 heterocycles. The van der Waals surface area contributed by atoms with Crippen LogP contribution in [0.5, 0.6) is 0 Å². The molecule has 2 aromatic heterocycles. The van der Waals surface area contributed by atoms with Crippen LogP contribution in [0.1, 0.15) is 0 Å². The normalized spacial score (nSPS) is 11.7. The van der Waals surface area contributed by atoms with E-state index in [-0.39, 0.29) is 0 Å². The molecule has 0 aliphatic carbocycles. The van der Waals surface area contributed by atoms with Gasteiger partial charge in [-0.05, 0) is 110 Å². The average Bonchev–Trinajstić information content (AvgIpc) is 3.89. The Kier molecular flexibility index (Phi) is 7.75. The third kappa shape index (κ3) is 5.55. The molecule has 0 bridgehead atoms. The highest BCUT2D eigenvalue weighted by molar-refractivity contribution is 7.25. The zero-order valence-electron chi connectivity index (χ0n) is 32.0.